The maximum absolute atomic E-state index is 12.4. The van der Waals surface area contributed by atoms with Crippen LogP contribution in [0.15, 0.2) is 84.0 Å². The topological polar surface area (TPSA) is 85.4 Å². The van der Waals surface area contributed by atoms with E-state index in [0.717, 1.165) is 16.9 Å². The predicted octanol–water partition coefficient (Wildman–Crippen LogP) is 3.46. The van der Waals surface area contributed by atoms with Gasteiger partial charge in [0, 0.05) is 24.5 Å². The number of pyridine rings is 1. The summed E-state index contributed by atoms with van der Waals surface area (Å²) in [6.45, 7) is 0.140. The zero-order valence-electron chi connectivity index (χ0n) is 15.8. The minimum absolute atomic E-state index is 0.0945. The molecule has 0 aliphatic heterocycles. The summed E-state index contributed by atoms with van der Waals surface area (Å²) in [6, 6.07) is 16.7. The molecule has 0 saturated heterocycles. The van der Waals surface area contributed by atoms with Crippen LogP contribution in [-0.4, -0.2) is 26.3 Å². The highest BCUT2D eigenvalue weighted by atomic mass is 32.2. The third-order valence-electron chi connectivity index (χ3n) is 4.18. The molecule has 0 bridgehead atoms. The van der Waals surface area contributed by atoms with E-state index in [4.69, 9.17) is 4.74 Å². The number of hydrogen-bond donors (Lipinski definition) is 1. The molecule has 1 N–H and O–H groups in total. The summed E-state index contributed by atoms with van der Waals surface area (Å²) in [5.41, 5.74) is 2.02. The van der Waals surface area contributed by atoms with E-state index in [1.807, 2.05) is 24.3 Å². The van der Waals surface area contributed by atoms with E-state index in [9.17, 15) is 13.2 Å². The van der Waals surface area contributed by atoms with Gasteiger partial charge in [-0.3, -0.25) is 9.78 Å². The average molecular weight is 408 g/mol. The van der Waals surface area contributed by atoms with Crippen LogP contribution in [0.4, 0.5) is 0 Å². The van der Waals surface area contributed by atoms with Gasteiger partial charge < -0.3 is 4.74 Å². The number of nitrogens with zero attached hydrogens (tertiary/aromatic N) is 1. The lowest BCUT2D eigenvalue weighted by Crippen LogP contribution is -2.23. The molecule has 0 aliphatic rings. The Balaban J connectivity index is 1.65. The highest BCUT2D eigenvalue weighted by Gasteiger charge is 2.14. The number of ether oxygens (including phenoxy) is 1. The first kappa shape index (κ1) is 20.4. The Morgan fingerprint density at radius 1 is 1.07 bits per heavy atom. The van der Waals surface area contributed by atoms with Crippen LogP contribution in [0.3, 0.4) is 0 Å². The smallest absolute Gasteiger partial charge is 0.240 e. The predicted molar refractivity (Wildman–Crippen MR) is 111 cm³/mol. The van der Waals surface area contributed by atoms with Crippen LogP contribution >= 0.6 is 0 Å². The Morgan fingerprint density at radius 2 is 1.79 bits per heavy atom. The normalized spacial score (nSPS) is 11.5. The van der Waals surface area contributed by atoms with Crippen LogP contribution in [0.1, 0.15) is 21.5 Å². The zero-order valence-corrected chi connectivity index (χ0v) is 16.6. The van der Waals surface area contributed by atoms with Crippen LogP contribution < -0.4 is 9.46 Å². The van der Waals surface area contributed by atoms with E-state index >= 15 is 0 Å². The number of rotatable bonds is 8. The zero-order chi connectivity index (χ0) is 20.7. The van der Waals surface area contributed by atoms with Crippen LogP contribution in [0.5, 0.6) is 5.75 Å². The van der Waals surface area contributed by atoms with Gasteiger partial charge in [0.2, 0.25) is 10.0 Å². The van der Waals surface area contributed by atoms with Crippen molar-refractivity contribution in [3.8, 4) is 5.75 Å². The van der Waals surface area contributed by atoms with E-state index in [1.165, 1.54) is 30.3 Å². The third-order valence-corrected chi connectivity index (χ3v) is 5.60. The summed E-state index contributed by atoms with van der Waals surface area (Å²) in [6.07, 6.45) is 6.37. The number of hydrogen-bond acceptors (Lipinski definition) is 5. The first-order valence-corrected chi connectivity index (χ1v) is 10.3. The van der Waals surface area contributed by atoms with Crippen LogP contribution in [-0.2, 0) is 16.6 Å². The van der Waals surface area contributed by atoms with E-state index in [-0.39, 0.29) is 17.2 Å². The molecular weight excluding hydrogens is 388 g/mol. The maximum Gasteiger partial charge on any atom is 0.240 e. The second-order valence-electron chi connectivity index (χ2n) is 6.18. The maximum atomic E-state index is 12.4. The van der Waals surface area contributed by atoms with Crippen molar-refractivity contribution in [2.75, 3.05) is 7.11 Å². The van der Waals surface area contributed by atoms with Gasteiger partial charge >= 0.3 is 0 Å². The number of aromatic nitrogens is 1. The lowest BCUT2D eigenvalue weighted by molar-refractivity contribution is 0.104. The Morgan fingerprint density at radius 3 is 2.41 bits per heavy atom. The van der Waals surface area contributed by atoms with Crippen molar-refractivity contribution in [3.05, 3.63) is 95.8 Å². The molecule has 3 aromatic rings. The average Bonchev–Trinajstić information content (AvgIpc) is 2.77. The molecule has 0 atom stereocenters. The fourth-order valence-corrected chi connectivity index (χ4v) is 3.56. The van der Waals surface area contributed by atoms with Crippen molar-refractivity contribution >= 4 is 21.9 Å². The molecule has 0 unspecified atom stereocenters. The van der Waals surface area contributed by atoms with Crippen LogP contribution in [0.2, 0.25) is 0 Å². The van der Waals surface area contributed by atoms with Crippen molar-refractivity contribution in [1.82, 2.24) is 9.71 Å². The number of methoxy groups -OCH3 is 1. The van der Waals surface area contributed by atoms with Gasteiger partial charge in [-0.1, -0.05) is 24.3 Å². The van der Waals surface area contributed by atoms with E-state index < -0.39 is 10.0 Å². The summed E-state index contributed by atoms with van der Waals surface area (Å²) in [7, 11) is -2.09. The largest absolute Gasteiger partial charge is 0.497 e. The Labute approximate surface area is 169 Å². The monoisotopic (exact) mass is 408 g/mol. The Hall–Kier alpha value is -3.29. The molecular formula is C22H20N2O4S. The fourth-order valence-electron chi connectivity index (χ4n) is 2.55. The first-order valence-electron chi connectivity index (χ1n) is 8.83. The third kappa shape index (κ3) is 5.60. The standard InChI is InChI=1S/C22H20N2O4S/c1-28-20-9-4-17(5-10-20)6-13-22(25)19-7-11-21(12-8-19)29(26,27)24-16-18-3-2-14-23-15-18/h2-15,24H,16H2,1H3. The highest BCUT2D eigenvalue weighted by molar-refractivity contribution is 7.89. The molecule has 6 nitrogen and oxygen atoms in total. The van der Waals surface area contributed by atoms with Crippen molar-refractivity contribution in [2.45, 2.75) is 11.4 Å². The van der Waals surface area contributed by atoms with Crippen LogP contribution in [0.25, 0.3) is 6.08 Å². The number of allylic oxidation sites excluding steroid dienone is 1. The number of nitrogens with one attached hydrogen (secondary N) is 1. The molecule has 2 aromatic carbocycles. The summed E-state index contributed by atoms with van der Waals surface area (Å²) in [5.74, 6) is 0.524. The molecule has 1 aromatic heterocycles. The Kier molecular flexibility index (Phi) is 6.54. The molecule has 29 heavy (non-hydrogen) atoms. The van der Waals surface area contributed by atoms with Gasteiger partial charge in [-0.05, 0) is 59.7 Å². The number of ketones is 1. The number of carbonyl (C=O) groups is 1. The molecule has 3 rings (SSSR count). The van der Waals surface area contributed by atoms with E-state index in [2.05, 4.69) is 9.71 Å². The van der Waals surface area contributed by atoms with Gasteiger partial charge in [-0.15, -0.1) is 0 Å². The molecule has 0 aliphatic carbocycles. The van der Waals surface area contributed by atoms with Crippen molar-refractivity contribution < 1.29 is 17.9 Å². The molecule has 0 spiro atoms. The second-order valence-corrected chi connectivity index (χ2v) is 7.95. The van der Waals surface area contributed by atoms with Crippen molar-refractivity contribution in [3.63, 3.8) is 0 Å². The van der Waals surface area contributed by atoms with E-state index in [0.29, 0.717) is 5.56 Å². The van der Waals surface area contributed by atoms with Gasteiger partial charge in [0.1, 0.15) is 5.75 Å². The minimum Gasteiger partial charge on any atom is -0.497 e. The molecule has 1 heterocycles. The van der Waals surface area contributed by atoms with Gasteiger partial charge in [0.15, 0.2) is 5.78 Å². The molecule has 7 heteroatoms. The quantitative estimate of drug-likeness (QED) is 0.456. The molecule has 0 fully saturated rings. The van der Waals surface area contributed by atoms with Gasteiger partial charge in [0.05, 0.1) is 12.0 Å². The fraction of sp³-hybridized carbons (Fsp3) is 0.0909. The van der Waals surface area contributed by atoms with Crippen LogP contribution in [0, 0.1) is 0 Å². The lowest BCUT2D eigenvalue weighted by atomic mass is 10.1. The number of sulfonamides is 1. The Bertz CT molecular complexity index is 1090. The first-order chi connectivity index (χ1) is 14.0. The summed E-state index contributed by atoms with van der Waals surface area (Å²) >= 11 is 0. The molecule has 148 valence electrons. The molecule has 0 radical (unpaired) electrons. The second kappa shape index (κ2) is 9.27. The summed E-state index contributed by atoms with van der Waals surface area (Å²) < 4.78 is 32.4. The van der Waals surface area contributed by atoms with Crippen molar-refractivity contribution in [2.24, 2.45) is 0 Å². The lowest BCUT2D eigenvalue weighted by Gasteiger charge is -2.07. The molecule has 0 amide bonds. The van der Waals surface area contributed by atoms with Gasteiger partial charge in [0.25, 0.3) is 0 Å². The van der Waals surface area contributed by atoms with Gasteiger partial charge in [-0.2, -0.15) is 0 Å². The van der Waals surface area contributed by atoms with E-state index in [1.54, 1.807) is 37.7 Å². The number of benzene rings is 2. The summed E-state index contributed by atoms with van der Waals surface area (Å²) in [5, 5.41) is 0. The number of carbonyl (C=O) groups excluding carboxylic acids is 1. The highest BCUT2D eigenvalue weighted by Crippen LogP contribution is 2.15. The molecule has 0 saturated carbocycles. The minimum atomic E-state index is -3.68. The van der Waals surface area contributed by atoms with Crippen molar-refractivity contribution in [1.29, 1.82) is 0 Å². The SMILES string of the molecule is COc1ccc(C=CC(=O)c2ccc(S(=O)(=O)NCc3cccnc3)cc2)cc1. The van der Waals surface area contributed by atoms with Gasteiger partial charge in [-0.25, -0.2) is 13.1 Å². The summed E-state index contributed by atoms with van der Waals surface area (Å²) in [4.78, 5) is 16.4.